The highest BCUT2D eigenvalue weighted by molar-refractivity contribution is 5.93. The third-order valence-electron chi connectivity index (χ3n) is 2.62. The summed E-state index contributed by atoms with van der Waals surface area (Å²) in [4.78, 5) is 24.2. The summed E-state index contributed by atoms with van der Waals surface area (Å²) in [5.74, 6) is -1.55. The Labute approximate surface area is 112 Å². The lowest BCUT2D eigenvalue weighted by molar-refractivity contribution is -0.140. The predicted molar refractivity (Wildman–Crippen MR) is 74.6 cm³/mol. The van der Waals surface area contributed by atoms with Gasteiger partial charge in [-0.1, -0.05) is 19.1 Å². The number of carbonyl (C=O) groups excluding carboxylic acids is 1. The average Bonchev–Trinajstić information content (AvgIpc) is 2.36. The zero-order valence-electron chi connectivity index (χ0n) is 11.3. The molecule has 0 aliphatic heterocycles. The zero-order valence-corrected chi connectivity index (χ0v) is 11.3. The number of nitrogens with one attached hydrogen (secondary N) is 2. The highest BCUT2D eigenvalue weighted by Crippen LogP contribution is 2.23. The predicted octanol–water partition coefficient (Wildman–Crippen LogP) is 1.59. The normalized spacial score (nSPS) is 11.5. The molecule has 0 saturated carbocycles. The van der Waals surface area contributed by atoms with E-state index in [1.807, 2.05) is 37.2 Å². The minimum absolute atomic E-state index is 0.0886. The summed E-state index contributed by atoms with van der Waals surface area (Å²) in [5.41, 5.74) is 1.55. The number of aliphatic carboxylic acids is 1. The van der Waals surface area contributed by atoms with Gasteiger partial charge in [-0.2, -0.15) is 0 Å². The molecule has 6 heteroatoms. The minimum Gasteiger partial charge on any atom is -0.481 e. The van der Waals surface area contributed by atoms with Crippen molar-refractivity contribution in [3.05, 3.63) is 24.3 Å². The van der Waals surface area contributed by atoms with E-state index in [0.717, 1.165) is 5.69 Å². The van der Waals surface area contributed by atoms with Gasteiger partial charge in [0.2, 0.25) is 0 Å². The number of amides is 2. The van der Waals surface area contributed by atoms with Crippen molar-refractivity contribution in [1.82, 2.24) is 5.32 Å². The number of nitrogens with zero attached hydrogens (tertiary/aromatic N) is 1. The molecular formula is C13H19N3O3. The van der Waals surface area contributed by atoms with Gasteiger partial charge >= 0.3 is 12.0 Å². The molecule has 0 aromatic heterocycles. The summed E-state index contributed by atoms with van der Waals surface area (Å²) in [6, 6.07) is 6.96. The maximum absolute atomic E-state index is 11.7. The zero-order chi connectivity index (χ0) is 14.4. The molecule has 0 heterocycles. The topological polar surface area (TPSA) is 81.7 Å². The smallest absolute Gasteiger partial charge is 0.319 e. The van der Waals surface area contributed by atoms with Gasteiger partial charge in [0.1, 0.15) is 0 Å². The van der Waals surface area contributed by atoms with Crippen LogP contribution in [0.25, 0.3) is 0 Å². The number of benzene rings is 1. The Balaban J connectivity index is 2.60. The fourth-order valence-corrected chi connectivity index (χ4v) is 1.47. The van der Waals surface area contributed by atoms with E-state index in [1.54, 1.807) is 6.07 Å². The van der Waals surface area contributed by atoms with Crippen molar-refractivity contribution in [2.24, 2.45) is 5.92 Å². The molecule has 1 aromatic rings. The van der Waals surface area contributed by atoms with Crippen LogP contribution in [0.2, 0.25) is 0 Å². The fraction of sp³-hybridized carbons (Fsp3) is 0.385. The molecule has 19 heavy (non-hydrogen) atoms. The molecule has 0 saturated heterocycles. The van der Waals surface area contributed by atoms with Crippen LogP contribution in [0.1, 0.15) is 6.92 Å². The SMILES string of the molecule is CC(CNC(=O)Nc1ccccc1N(C)C)C(=O)O. The maximum atomic E-state index is 11.7. The standard InChI is InChI=1S/C13H19N3O3/c1-9(12(17)18)8-14-13(19)15-10-6-4-5-7-11(10)16(2)3/h4-7,9H,8H2,1-3H3,(H,17,18)(H2,14,15,19). The van der Waals surface area contributed by atoms with Gasteiger partial charge < -0.3 is 20.6 Å². The highest BCUT2D eigenvalue weighted by Gasteiger charge is 2.13. The molecular weight excluding hydrogens is 246 g/mol. The summed E-state index contributed by atoms with van der Waals surface area (Å²) in [7, 11) is 3.76. The molecule has 0 aliphatic rings. The lowest BCUT2D eigenvalue weighted by Crippen LogP contribution is -2.34. The second-order valence-corrected chi connectivity index (χ2v) is 4.49. The van der Waals surface area contributed by atoms with Crippen LogP contribution in [-0.2, 0) is 4.79 Å². The molecule has 0 radical (unpaired) electrons. The van der Waals surface area contributed by atoms with E-state index in [2.05, 4.69) is 10.6 Å². The Hall–Kier alpha value is -2.24. The molecule has 0 aliphatic carbocycles. The number of hydrogen-bond acceptors (Lipinski definition) is 3. The number of urea groups is 1. The number of rotatable bonds is 5. The number of carboxylic acid groups (broad SMARTS) is 1. The van der Waals surface area contributed by atoms with E-state index < -0.39 is 17.9 Å². The van der Waals surface area contributed by atoms with Gasteiger partial charge in [0.25, 0.3) is 0 Å². The van der Waals surface area contributed by atoms with E-state index in [1.165, 1.54) is 6.92 Å². The molecule has 1 atom stereocenters. The molecule has 1 aromatic carbocycles. The van der Waals surface area contributed by atoms with Crippen molar-refractivity contribution in [3.8, 4) is 0 Å². The van der Waals surface area contributed by atoms with Gasteiger partial charge in [-0.25, -0.2) is 4.79 Å². The van der Waals surface area contributed by atoms with Crippen molar-refractivity contribution in [2.45, 2.75) is 6.92 Å². The third-order valence-corrected chi connectivity index (χ3v) is 2.62. The number of para-hydroxylation sites is 2. The summed E-state index contributed by atoms with van der Waals surface area (Å²) in [6.45, 7) is 1.63. The molecule has 0 fully saturated rings. The van der Waals surface area contributed by atoms with Crippen LogP contribution >= 0.6 is 0 Å². The summed E-state index contributed by atoms with van der Waals surface area (Å²) < 4.78 is 0. The first kappa shape index (κ1) is 14.8. The van der Waals surface area contributed by atoms with Gasteiger partial charge in [0, 0.05) is 20.6 Å². The third kappa shape index (κ3) is 4.50. The quantitative estimate of drug-likeness (QED) is 0.755. The monoisotopic (exact) mass is 265 g/mol. The first-order valence-electron chi connectivity index (χ1n) is 5.96. The molecule has 104 valence electrons. The van der Waals surface area contributed by atoms with E-state index in [4.69, 9.17) is 5.11 Å². The number of anilines is 2. The van der Waals surface area contributed by atoms with Crippen LogP contribution in [-0.4, -0.2) is 37.7 Å². The van der Waals surface area contributed by atoms with Crippen LogP contribution in [0.15, 0.2) is 24.3 Å². The largest absolute Gasteiger partial charge is 0.481 e. The molecule has 3 N–H and O–H groups in total. The summed E-state index contributed by atoms with van der Waals surface area (Å²) in [6.07, 6.45) is 0. The van der Waals surface area contributed by atoms with Gasteiger partial charge in [0.15, 0.2) is 0 Å². The van der Waals surface area contributed by atoms with Crippen LogP contribution in [0.3, 0.4) is 0 Å². The van der Waals surface area contributed by atoms with E-state index in [9.17, 15) is 9.59 Å². The van der Waals surface area contributed by atoms with Gasteiger partial charge in [-0.3, -0.25) is 4.79 Å². The van der Waals surface area contributed by atoms with Crippen molar-refractivity contribution < 1.29 is 14.7 Å². The molecule has 1 rings (SSSR count). The molecule has 0 spiro atoms. The molecule has 6 nitrogen and oxygen atoms in total. The number of carboxylic acids is 1. The van der Waals surface area contributed by atoms with Crippen molar-refractivity contribution in [1.29, 1.82) is 0 Å². The van der Waals surface area contributed by atoms with Crippen LogP contribution in [0.4, 0.5) is 16.2 Å². The van der Waals surface area contributed by atoms with Crippen molar-refractivity contribution in [3.63, 3.8) is 0 Å². The Morgan fingerprint density at radius 2 is 1.95 bits per heavy atom. The summed E-state index contributed by atoms with van der Waals surface area (Å²) in [5, 5.41) is 14.0. The number of carbonyl (C=O) groups is 2. The van der Waals surface area contributed by atoms with E-state index >= 15 is 0 Å². The van der Waals surface area contributed by atoms with Crippen LogP contribution in [0.5, 0.6) is 0 Å². The summed E-state index contributed by atoms with van der Waals surface area (Å²) >= 11 is 0. The maximum Gasteiger partial charge on any atom is 0.319 e. The van der Waals surface area contributed by atoms with Crippen LogP contribution < -0.4 is 15.5 Å². The average molecular weight is 265 g/mol. The Morgan fingerprint density at radius 1 is 1.32 bits per heavy atom. The Kier molecular flexibility index (Phi) is 5.17. The second kappa shape index (κ2) is 6.63. The van der Waals surface area contributed by atoms with Gasteiger partial charge in [-0.15, -0.1) is 0 Å². The Bertz CT molecular complexity index is 460. The second-order valence-electron chi connectivity index (χ2n) is 4.49. The van der Waals surface area contributed by atoms with Crippen molar-refractivity contribution in [2.75, 3.05) is 30.9 Å². The van der Waals surface area contributed by atoms with E-state index in [-0.39, 0.29) is 6.54 Å². The number of hydrogen-bond donors (Lipinski definition) is 3. The van der Waals surface area contributed by atoms with E-state index in [0.29, 0.717) is 5.69 Å². The molecule has 1 unspecified atom stereocenters. The minimum atomic E-state index is -0.936. The highest BCUT2D eigenvalue weighted by atomic mass is 16.4. The van der Waals surface area contributed by atoms with Gasteiger partial charge in [-0.05, 0) is 12.1 Å². The lowest BCUT2D eigenvalue weighted by atomic mass is 10.2. The van der Waals surface area contributed by atoms with Crippen molar-refractivity contribution >= 4 is 23.4 Å². The Morgan fingerprint density at radius 3 is 2.53 bits per heavy atom. The first-order chi connectivity index (χ1) is 8.91. The molecule has 2 amide bonds. The first-order valence-corrected chi connectivity index (χ1v) is 5.96. The molecule has 0 bridgehead atoms. The van der Waals surface area contributed by atoms with Gasteiger partial charge in [0.05, 0.1) is 17.3 Å². The lowest BCUT2D eigenvalue weighted by Gasteiger charge is -2.18. The van der Waals surface area contributed by atoms with Crippen LogP contribution in [0, 0.1) is 5.92 Å². The fourth-order valence-electron chi connectivity index (χ4n) is 1.47.